The second-order valence-corrected chi connectivity index (χ2v) is 7.19. The summed E-state index contributed by atoms with van der Waals surface area (Å²) in [7, 11) is 0. The van der Waals surface area contributed by atoms with Crippen LogP contribution in [-0.2, 0) is 12.8 Å². The van der Waals surface area contributed by atoms with Gasteiger partial charge in [0.25, 0.3) is 5.91 Å². The van der Waals surface area contributed by atoms with Crippen LogP contribution in [0.15, 0.2) is 24.3 Å². The lowest BCUT2D eigenvalue weighted by Crippen LogP contribution is -2.44. The summed E-state index contributed by atoms with van der Waals surface area (Å²) < 4.78 is 15.7. The molecule has 0 spiro atoms. The number of fused-ring (bicyclic) bond motifs is 1. The predicted molar refractivity (Wildman–Crippen MR) is 93.3 cm³/mol. The van der Waals surface area contributed by atoms with E-state index in [4.69, 9.17) is 0 Å². The minimum absolute atomic E-state index is 0.00878. The Balaban J connectivity index is 1.90. The van der Waals surface area contributed by atoms with Crippen molar-refractivity contribution in [2.75, 3.05) is 6.54 Å². The van der Waals surface area contributed by atoms with Crippen LogP contribution in [0, 0.1) is 11.7 Å². The zero-order chi connectivity index (χ0) is 18.2. The molecule has 25 heavy (non-hydrogen) atoms. The molecule has 0 aliphatic heterocycles. The summed E-state index contributed by atoms with van der Waals surface area (Å²) in [5, 5.41) is 17.5. The zero-order valence-electron chi connectivity index (χ0n) is 14.8. The smallest absolute Gasteiger partial charge is 0.272 e. The summed E-state index contributed by atoms with van der Waals surface area (Å²) in [5.41, 5.74) is 1.47. The number of para-hydroxylation sites is 1. The van der Waals surface area contributed by atoms with Crippen LogP contribution in [0.5, 0.6) is 0 Å². The van der Waals surface area contributed by atoms with Crippen LogP contribution >= 0.6 is 0 Å². The molecule has 0 saturated carbocycles. The highest BCUT2D eigenvalue weighted by molar-refractivity contribution is 5.94. The molecule has 1 aromatic heterocycles. The number of benzene rings is 1. The van der Waals surface area contributed by atoms with E-state index in [1.54, 1.807) is 29.8 Å². The van der Waals surface area contributed by atoms with Crippen molar-refractivity contribution in [2.24, 2.45) is 5.92 Å². The van der Waals surface area contributed by atoms with E-state index < -0.39 is 5.60 Å². The highest BCUT2D eigenvalue weighted by atomic mass is 19.1. The van der Waals surface area contributed by atoms with E-state index in [1.165, 1.54) is 6.07 Å². The largest absolute Gasteiger partial charge is 0.388 e. The van der Waals surface area contributed by atoms with Gasteiger partial charge in [-0.3, -0.25) is 4.79 Å². The number of rotatable bonds is 5. The number of aliphatic hydroxyl groups is 1. The Morgan fingerprint density at radius 3 is 2.80 bits per heavy atom. The lowest BCUT2D eigenvalue weighted by Gasteiger charge is -2.27. The van der Waals surface area contributed by atoms with Crippen LogP contribution in [0.1, 0.15) is 48.9 Å². The standard InChI is InChI=1S/C19H24FN3O2/c1-12(2)19(3,25)11-21-18(24)17-13-7-6-10-15(13)23(22-17)16-9-5-4-8-14(16)20/h4-5,8-9,12,25H,6-7,10-11H2,1-3H3,(H,21,24). The highest BCUT2D eigenvalue weighted by Gasteiger charge is 2.30. The van der Waals surface area contributed by atoms with Crippen molar-refractivity contribution in [1.82, 2.24) is 15.1 Å². The number of nitrogens with zero attached hydrogens (tertiary/aromatic N) is 2. The number of aromatic nitrogens is 2. The molecule has 1 aliphatic rings. The lowest BCUT2D eigenvalue weighted by atomic mass is 9.92. The molecule has 0 fully saturated rings. The van der Waals surface area contributed by atoms with Crippen LogP contribution in [-0.4, -0.2) is 32.9 Å². The van der Waals surface area contributed by atoms with Gasteiger partial charge in [-0.2, -0.15) is 5.10 Å². The molecule has 1 amide bonds. The molecule has 0 radical (unpaired) electrons. The summed E-state index contributed by atoms with van der Waals surface area (Å²) in [5.74, 6) is -0.682. The van der Waals surface area contributed by atoms with Crippen molar-refractivity contribution in [3.05, 3.63) is 47.0 Å². The van der Waals surface area contributed by atoms with Gasteiger partial charge in [0.05, 0.1) is 5.60 Å². The Hall–Kier alpha value is -2.21. The summed E-state index contributed by atoms with van der Waals surface area (Å²) in [4.78, 5) is 12.6. The van der Waals surface area contributed by atoms with Gasteiger partial charge in [-0.1, -0.05) is 26.0 Å². The summed E-state index contributed by atoms with van der Waals surface area (Å²) >= 11 is 0. The van der Waals surface area contributed by atoms with Crippen LogP contribution in [0.25, 0.3) is 5.69 Å². The Kier molecular flexibility index (Phi) is 4.64. The Labute approximate surface area is 146 Å². The van der Waals surface area contributed by atoms with Gasteiger partial charge in [0, 0.05) is 17.8 Å². The van der Waals surface area contributed by atoms with Crippen LogP contribution in [0.4, 0.5) is 4.39 Å². The van der Waals surface area contributed by atoms with Gasteiger partial charge in [0.15, 0.2) is 5.69 Å². The third-order valence-electron chi connectivity index (χ3n) is 5.08. The molecule has 2 aromatic rings. The molecule has 6 heteroatoms. The van der Waals surface area contributed by atoms with E-state index in [9.17, 15) is 14.3 Å². The quantitative estimate of drug-likeness (QED) is 0.875. The van der Waals surface area contributed by atoms with Gasteiger partial charge in [-0.15, -0.1) is 0 Å². The molecule has 1 unspecified atom stereocenters. The van der Waals surface area contributed by atoms with Crippen molar-refractivity contribution in [1.29, 1.82) is 0 Å². The fourth-order valence-electron chi connectivity index (χ4n) is 2.99. The van der Waals surface area contributed by atoms with Crippen LogP contribution in [0.3, 0.4) is 0 Å². The van der Waals surface area contributed by atoms with Gasteiger partial charge in [0.1, 0.15) is 11.5 Å². The SMILES string of the molecule is CC(C)C(C)(O)CNC(=O)c1nn(-c2ccccc2F)c2c1CCC2. The second kappa shape index (κ2) is 6.59. The predicted octanol–water partition coefficient (Wildman–Crippen LogP) is 2.64. The Bertz CT molecular complexity index is 796. The average Bonchev–Trinajstić information content (AvgIpc) is 3.15. The summed E-state index contributed by atoms with van der Waals surface area (Å²) in [6, 6.07) is 6.43. The molecule has 1 atom stereocenters. The topological polar surface area (TPSA) is 67.2 Å². The third kappa shape index (κ3) is 3.31. The molecule has 1 heterocycles. The number of hydrogen-bond acceptors (Lipinski definition) is 3. The van der Waals surface area contributed by atoms with Gasteiger partial charge in [0.2, 0.25) is 0 Å². The fourth-order valence-corrected chi connectivity index (χ4v) is 2.99. The number of halogens is 1. The minimum atomic E-state index is -0.993. The number of carbonyl (C=O) groups is 1. The van der Waals surface area contributed by atoms with E-state index >= 15 is 0 Å². The molecule has 0 saturated heterocycles. The van der Waals surface area contributed by atoms with Gasteiger partial charge >= 0.3 is 0 Å². The maximum atomic E-state index is 14.2. The van der Waals surface area contributed by atoms with Gasteiger partial charge in [-0.05, 0) is 44.2 Å². The van der Waals surface area contributed by atoms with E-state index in [1.807, 2.05) is 13.8 Å². The molecule has 3 rings (SSSR count). The van der Waals surface area contributed by atoms with E-state index in [-0.39, 0.29) is 24.2 Å². The molecule has 1 aromatic carbocycles. The molecular weight excluding hydrogens is 321 g/mol. The van der Waals surface area contributed by atoms with Crippen molar-refractivity contribution >= 4 is 5.91 Å². The van der Waals surface area contributed by atoms with Crippen molar-refractivity contribution in [2.45, 2.75) is 45.6 Å². The van der Waals surface area contributed by atoms with Crippen molar-refractivity contribution in [3.63, 3.8) is 0 Å². The molecule has 0 bridgehead atoms. The van der Waals surface area contributed by atoms with Crippen LogP contribution in [0.2, 0.25) is 0 Å². The average molecular weight is 345 g/mol. The fraction of sp³-hybridized carbons (Fsp3) is 0.474. The first-order valence-electron chi connectivity index (χ1n) is 8.67. The molecular formula is C19H24FN3O2. The van der Waals surface area contributed by atoms with Gasteiger partial charge < -0.3 is 10.4 Å². The zero-order valence-corrected chi connectivity index (χ0v) is 14.8. The first kappa shape index (κ1) is 17.6. The molecule has 134 valence electrons. The molecule has 2 N–H and O–H groups in total. The molecule has 5 nitrogen and oxygen atoms in total. The number of carbonyl (C=O) groups excluding carboxylic acids is 1. The van der Waals surface area contributed by atoms with E-state index in [0.29, 0.717) is 11.4 Å². The van der Waals surface area contributed by atoms with E-state index in [2.05, 4.69) is 10.4 Å². The lowest BCUT2D eigenvalue weighted by molar-refractivity contribution is 0.0141. The highest BCUT2D eigenvalue weighted by Crippen LogP contribution is 2.28. The second-order valence-electron chi connectivity index (χ2n) is 7.19. The summed E-state index contributed by atoms with van der Waals surface area (Å²) in [6.45, 7) is 5.64. The molecule has 1 aliphatic carbocycles. The van der Waals surface area contributed by atoms with Gasteiger partial charge in [-0.25, -0.2) is 9.07 Å². The van der Waals surface area contributed by atoms with E-state index in [0.717, 1.165) is 30.5 Å². The number of amides is 1. The number of hydrogen-bond donors (Lipinski definition) is 2. The van der Waals surface area contributed by atoms with Crippen molar-refractivity contribution < 1.29 is 14.3 Å². The minimum Gasteiger partial charge on any atom is -0.388 e. The normalized spacial score (nSPS) is 15.9. The number of nitrogens with one attached hydrogen (secondary N) is 1. The third-order valence-corrected chi connectivity index (χ3v) is 5.08. The first-order valence-corrected chi connectivity index (χ1v) is 8.67. The monoisotopic (exact) mass is 345 g/mol. The Morgan fingerprint density at radius 2 is 2.12 bits per heavy atom. The first-order chi connectivity index (χ1) is 11.8. The Morgan fingerprint density at radius 1 is 1.40 bits per heavy atom. The summed E-state index contributed by atoms with van der Waals surface area (Å²) in [6.07, 6.45) is 2.45. The van der Waals surface area contributed by atoms with Crippen LogP contribution < -0.4 is 5.32 Å². The maximum absolute atomic E-state index is 14.2. The maximum Gasteiger partial charge on any atom is 0.272 e. The van der Waals surface area contributed by atoms with Crippen molar-refractivity contribution in [3.8, 4) is 5.69 Å².